The Morgan fingerprint density at radius 1 is 1.11 bits per heavy atom. The molecule has 0 radical (unpaired) electrons. The molecule has 1 aliphatic heterocycles. The van der Waals surface area contributed by atoms with Crippen LogP contribution in [-0.2, 0) is 13.0 Å². The van der Waals surface area contributed by atoms with Crippen molar-refractivity contribution >= 4 is 11.5 Å². The second-order valence-corrected chi connectivity index (χ2v) is 6.47. The van der Waals surface area contributed by atoms with E-state index < -0.39 is 0 Å². The summed E-state index contributed by atoms with van der Waals surface area (Å²) in [6.45, 7) is 0.935. The summed E-state index contributed by atoms with van der Waals surface area (Å²) in [5.41, 5.74) is 4.59. The summed E-state index contributed by atoms with van der Waals surface area (Å²) in [5, 5.41) is 3.26. The summed E-state index contributed by atoms with van der Waals surface area (Å²) in [7, 11) is 0. The number of nitrogens with one attached hydrogen (secondary N) is 1. The minimum atomic E-state index is -0.227. The summed E-state index contributed by atoms with van der Waals surface area (Å²) >= 11 is 0. The first-order valence-electron chi connectivity index (χ1n) is 8.84. The molecule has 0 bridgehead atoms. The molecular formula is C21H17FN4O. The van der Waals surface area contributed by atoms with Crippen molar-refractivity contribution in [1.29, 1.82) is 0 Å². The van der Waals surface area contributed by atoms with Gasteiger partial charge >= 0.3 is 0 Å². The van der Waals surface area contributed by atoms with Crippen molar-refractivity contribution in [3.05, 3.63) is 78.1 Å². The molecule has 6 heteroatoms. The maximum absolute atomic E-state index is 14.4. The van der Waals surface area contributed by atoms with E-state index in [1.54, 1.807) is 12.4 Å². The molecule has 0 saturated heterocycles. The number of benzene rings is 2. The van der Waals surface area contributed by atoms with E-state index in [2.05, 4.69) is 15.3 Å². The van der Waals surface area contributed by atoms with Gasteiger partial charge in [0.2, 0.25) is 5.95 Å². The average Bonchev–Trinajstić information content (AvgIpc) is 3.37. The molecule has 1 aliphatic rings. The van der Waals surface area contributed by atoms with Crippen molar-refractivity contribution in [3.8, 4) is 16.9 Å². The predicted molar refractivity (Wildman–Crippen MR) is 101 cm³/mol. The Kier molecular flexibility index (Phi) is 3.74. The molecule has 0 saturated carbocycles. The number of rotatable bonds is 4. The first kappa shape index (κ1) is 15.8. The fraction of sp³-hybridized carbons (Fsp3) is 0.143. The van der Waals surface area contributed by atoms with Crippen LogP contribution < -0.4 is 10.1 Å². The van der Waals surface area contributed by atoms with Gasteiger partial charge in [-0.25, -0.2) is 14.4 Å². The number of anilines is 1. The third-order valence-corrected chi connectivity index (χ3v) is 4.91. The molecule has 2 aromatic carbocycles. The van der Waals surface area contributed by atoms with Crippen molar-refractivity contribution in [3.63, 3.8) is 0 Å². The van der Waals surface area contributed by atoms with Gasteiger partial charge in [-0.2, -0.15) is 0 Å². The largest absolute Gasteiger partial charge is 0.493 e. The Balaban J connectivity index is 1.49. The molecule has 0 fully saturated rings. The SMILES string of the molecule is Fc1ccc2c(c1CNc1ncc(-c3ccccc3)c3cncn13)CCO2. The van der Waals surface area contributed by atoms with E-state index in [0.717, 1.165) is 34.4 Å². The van der Waals surface area contributed by atoms with Gasteiger partial charge in [-0.15, -0.1) is 0 Å². The minimum absolute atomic E-state index is 0.227. The van der Waals surface area contributed by atoms with Gasteiger partial charge in [-0.1, -0.05) is 30.3 Å². The zero-order valence-electron chi connectivity index (χ0n) is 14.5. The fourth-order valence-electron chi connectivity index (χ4n) is 3.56. The van der Waals surface area contributed by atoms with E-state index in [1.807, 2.05) is 47.1 Å². The second kappa shape index (κ2) is 6.39. The Labute approximate surface area is 155 Å². The van der Waals surface area contributed by atoms with Crippen molar-refractivity contribution in [1.82, 2.24) is 14.4 Å². The molecule has 27 heavy (non-hydrogen) atoms. The monoisotopic (exact) mass is 360 g/mol. The van der Waals surface area contributed by atoms with Crippen LogP contribution >= 0.6 is 0 Å². The van der Waals surface area contributed by atoms with Gasteiger partial charge < -0.3 is 10.1 Å². The van der Waals surface area contributed by atoms with Crippen molar-refractivity contribution in [2.24, 2.45) is 0 Å². The number of hydrogen-bond acceptors (Lipinski definition) is 4. The molecule has 0 unspecified atom stereocenters. The lowest BCUT2D eigenvalue weighted by molar-refractivity contribution is 0.356. The van der Waals surface area contributed by atoms with Crippen LogP contribution in [0.15, 0.2) is 61.2 Å². The van der Waals surface area contributed by atoms with E-state index in [4.69, 9.17) is 4.74 Å². The van der Waals surface area contributed by atoms with Crippen molar-refractivity contribution < 1.29 is 9.13 Å². The number of nitrogens with zero attached hydrogens (tertiary/aromatic N) is 3. The third kappa shape index (κ3) is 2.70. The molecule has 5 rings (SSSR count). The molecule has 5 nitrogen and oxygen atoms in total. The van der Waals surface area contributed by atoms with E-state index in [0.29, 0.717) is 24.7 Å². The summed E-state index contributed by atoms with van der Waals surface area (Å²) < 4.78 is 21.8. The summed E-state index contributed by atoms with van der Waals surface area (Å²) in [6.07, 6.45) is 6.07. The molecule has 0 spiro atoms. The first-order valence-corrected chi connectivity index (χ1v) is 8.84. The first-order chi connectivity index (χ1) is 13.3. The molecule has 0 amide bonds. The van der Waals surface area contributed by atoms with Crippen LogP contribution in [0.3, 0.4) is 0 Å². The second-order valence-electron chi connectivity index (χ2n) is 6.47. The molecular weight excluding hydrogens is 343 g/mol. The Morgan fingerprint density at radius 2 is 2.00 bits per heavy atom. The van der Waals surface area contributed by atoms with E-state index in [9.17, 15) is 4.39 Å². The van der Waals surface area contributed by atoms with Crippen LogP contribution in [-0.4, -0.2) is 21.0 Å². The molecule has 1 N–H and O–H groups in total. The van der Waals surface area contributed by atoms with Gasteiger partial charge in [0, 0.05) is 35.9 Å². The minimum Gasteiger partial charge on any atom is -0.493 e. The fourth-order valence-corrected chi connectivity index (χ4v) is 3.56. The van der Waals surface area contributed by atoms with Gasteiger partial charge in [-0.05, 0) is 17.7 Å². The Morgan fingerprint density at radius 3 is 2.89 bits per heavy atom. The van der Waals surface area contributed by atoms with Gasteiger partial charge in [0.1, 0.15) is 17.9 Å². The highest BCUT2D eigenvalue weighted by atomic mass is 19.1. The standard InChI is InChI=1S/C21H17FN4O/c22-18-6-7-20-15(8-9-27-20)17(18)11-25-21-24-10-16(14-4-2-1-3-5-14)19-12-23-13-26(19)21/h1-7,10,12-13H,8-9,11H2,(H,24,25). The molecule has 0 atom stereocenters. The third-order valence-electron chi connectivity index (χ3n) is 4.91. The van der Waals surface area contributed by atoms with Crippen LogP contribution in [0.1, 0.15) is 11.1 Å². The van der Waals surface area contributed by atoms with Crippen molar-refractivity contribution in [2.75, 3.05) is 11.9 Å². The predicted octanol–water partition coefficient (Wildman–Crippen LogP) is 4.08. The average molecular weight is 360 g/mol. The molecule has 0 aliphatic carbocycles. The highest BCUT2D eigenvalue weighted by Crippen LogP contribution is 2.31. The number of fused-ring (bicyclic) bond motifs is 2. The summed E-state index contributed by atoms with van der Waals surface area (Å²) in [5.74, 6) is 1.17. The number of hydrogen-bond donors (Lipinski definition) is 1. The topological polar surface area (TPSA) is 51.5 Å². The highest BCUT2D eigenvalue weighted by molar-refractivity contribution is 5.80. The lowest BCUT2D eigenvalue weighted by Crippen LogP contribution is -2.09. The van der Waals surface area contributed by atoms with E-state index in [1.165, 1.54) is 6.07 Å². The number of imidazole rings is 1. The molecule has 2 aromatic heterocycles. The lowest BCUT2D eigenvalue weighted by atomic mass is 10.0. The quantitative estimate of drug-likeness (QED) is 0.596. The highest BCUT2D eigenvalue weighted by Gasteiger charge is 2.19. The number of aromatic nitrogens is 3. The summed E-state index contributed by atoms with van der Waals surface area (Å²) in [4.78, 5) is 8.82. The number of ether oxygens (including phenoxy) is 1. The smallest absolute Gasteiger partial charge is 0.208 e. The zero-order valence-corrected chi connectivity index (χ0v) is 14.5. The van der Waals surface area contributed by atoms with Crippen LogP contribution in [0.4, 0.5) is 10.3 Å². The van der Waals surface area contributed by atoms with Crippen LogP contribution in [0.25, 0.3) is 16.6 Å². The number of halogens is 1. The van der Waals surface area contributed by atoms with Crippen LogP contribution in [0.2, 0.25) is 0 Å². The van der Waals surface area contributed by atoms with E-state index >= 15 is 0 Å². The van der Waals surface area contributed by atoms with Gasteiger partial charge in [0.05, 0.1) is 18.3 Å². The Bertz CT molecular complexity index is 1120. The normalized spacial score (nSPS) is 12.8. The lowest BCUT2D eigenvalue weighted by Gasteiger charge is -2.13. The van der Waals surface area contributed by atoms with Crippen molar-refractivity contribution in [2.45, 2.75) is 13.0 Å². The zero-order chi connectivity index (χ0) is 18.2. The van der Waals surface area contributed by atoms with Gasteiger partial charge in [0.25, 0.3) is 0 Å². The summed E-state index contributed by atoms with van der Waals surface area (Å²) in [6, 6.07) is 13.2. The molecule has 4 aromatic rings. The van der Waals surface area contributed by atoms with Crippen LogP contribution in [0, 0.1) is 5.82 Å². The molecule has 134 valence electrons. The maximum atomic E-state index is 14.4. The molecule has 3 heterocycles. The maximum Gasteiger partial charge on any atom is 0.208 e. The van der Waals surface area contributed by atoms with Crippen LogP contribution in [0.5, 0.6) is 5.75 Å². The van der Waals surface area contributed by atoms with Gasteiger partial charge in [-0.3, -0.25) is 4.40 Å². The Hall–Kier alpha value is -3.41. The van der Waals surface area contributed by atoms with E-state index in [-0.39, 0.29) is 5.82 Å². The van der Waals surface area contributed by atoms with Gasteiger partial charge in [0.15, 0.2) is 0 Å².